The molecule has 0 aliphatic carbocycles. The Labute approximate surface area is 253 Å². The second-order valence-electron chi connectivity index (χ2n) is 10.1. The van der Waals surface area contributed by atoms with Crippen LogP contribution >= 0.6 is 0 Å². The van der Waals surface area contributed by atoms with E-state index in [-0.39, 0.29) is 52.8 Å². The molecule has 2 aromatic heterocycles. The van der Waals surface area contributed by atoms with Gasteiger partial charge in [-0.1, -0.05) is 36.4 Å². The summed E-state index contributed by atoms with van der Waals surface area (Å²) in [6.45, 7) is 1.97. The highest BCUT2D eigenvalue weighted by Crippen LogP contribution is 2.17. The average molecular weight is 611 g/mol. The molecule has 15 nitrogen and oxygen atoms in total. The summed E-state index contributed by atoms with van der Waals surface area (Å²) < 4.78 is 1.25. The maximum atomic E-state index is 13.4. The van der Waals surface area contributed by atoms with Crippen LogP contribution in [0.25, 0.3) is 5.65 Å². The number of nitrogens with two attached hydrogens (primary N) is 2. The maximum Gasteiger partial charge on any atom is 0.335 e. The summed E-state index contributed by atoms with van der Waals surface area (Å²) in [5.74, 6) is -3.26. The lowest BCUT2D eigenvalue weighted by Crippen LogP contribution is -2.36. The number of nitrogens with zero attached hydrogens (tertiary/aromatic N) is 3. The van der Waals surface area contributed by atoms with Crippen molar-refractivity contribution in [1.29, 1.82) is 0 Å². The molecule has 8 N–H and O–H groups in total. The van der Waals surface area contributed by atoms with E-state index in [0.717, 1.165) is 5.56 Å². The van der Waals surface area contributed by atoms with E-state index in [0.29, 0.717) is 11.1 Å². The van der Waals surface area contributed by atoms with E-state index in [1.165, 1.54) is 28.9 Å². The van der Waals surface area contributed by atoms with Crippen molar-refractivity contribution < 1.29 is 24.3 Å². The molecule has 0 aliphatic rings. The first-order valence-electron chi connectivity index (χ1n) is 13.4. The number of amides is 3. The number of nitrogens with one attached hydrogen (secondary N) is 3. The minimum atomic E-state index is -1.08. The quantitative estimate of drug-likeness (QED) is 0.114. The Bertz CT molecular complexity index is 2060. The largest absolute Gasteiger partial charge is 0.478 e. The number of aromatic nitrogens is 3. The fourth-order valence-electron chi connectivity index (χ4n) is 4.60. The van der Waals surface area contributed by atoms with Crippen molar-refractivity contribution in [3.63, 3.8) is 0 Å². The van der Waals surface area contributed by atoms with Crippen LogP contribution in [-0.4, -0.2) is 43.2 Å². The lowest BCUT2D eigenvalue weighted by Gasteiger charge is -2.15. The number of nitrogen functional groups attached to an aromatic ring is 1. The first-order chi connectivity index (χ1) is 21.4. The predicted molar refractivity (Wildman–Crippen MR) is 161 cm³/mol. The summed E-state index contributed by atoms with van der Waals surface area (Å²) in [6, 6.07) is 13.7. The van der Waals surface area contributed by atoms with Gasteiger partial charge in [0, 0.05) is 13.1 Å². The summed E-state index contributed by atoms with van der Waals surface area (Å²) in [6.07, 6.45) is 1.20. The third-order valence-electron chi connectivity index (χ3n) is 7.07. The number of primary amides is 1. The fraction of sp³-hybridized carbons (Fsp3) is 0.133. The Kier molecular flexibility index (Phi) is 8.08. The molecule has 15 heteroatoms. The first-order valence-corrected chi connectivity index (χ1v) is 13.4. The zero-order chi connectivity index (χ0) is 32.4. The van der Waals surface area contributed by atoms with Crippen LogP contribution in [0.5, 0.6) is 0 Å². The third kappa shape index (κ3) is 6.08. The van der Waals surface area contributed by atoms with Gasteiger partial charge in [-0.05, 0) is 41.8 Å². The fourth-order valence-corrected chi connectivity index (χ4v) is 4.60. The van der Waals surface area contributed by atoms with E-state index in [1.807, 2.05) is 0 Å². The van der Waals surface area contributed by atoms with Crippen molar-refractivity contribution >= 4 is 40.7 Å². The number of carboxylic acid groups (broad SMARTS) is 1. The number of rotatable bonds is 11. The lowest BCUT2D eigenvalue weighted by molar-refractivity contribution is 0.0695. The Balaban J connectivity index is 1.34. The summed E-state index contributed by atoms with van der Waals surface area (Å²) >= 11 is 0. The maximum absolute atomic E-state index is 13.4. The van der Waals surface area contributed by atoms with Crippen molar-refractivity contribution in [1.82, 2.24) is 25.0 Å². The van der Waals surface area contributed by atoms with Crippen LogP contribution in [0.3, 0.4) is 0 Å². The smallest absolute Gasteiger partial charge is 0.335 e. The van der Waals surface area contributed by atoms with E-state index in [4.69, 9.17) is 16.6 Å². The van der Waals surface area contributed by atoms with Gasteiger partial charge in [0.05, 0.1) is 11.6 Å². The van der Waals surface area contributed by atoms with Gasteiger partial charge in [0.25, 0.3) is 28.6 Å². The summed E-state index contributed by atoms with van der Waals surface area (Å²) in [5, 5.41) is 17.5. The molecule has 0 saturated heterocycles. The van der Waals surface area contributed by atoms with Gasteiger partial charge in [-0.2, -0.15) is 0 Å². The lowest BCUT2D eigenvalue weighted by atomic mass is 10.1. The molecule has 0 aliphatic heterocycles. The van der Waals surface area contributed by atoms with Gasteiger partial charge in [0.2, 0.25) is 0 Å². The van der Waals surface area contributed by atoms with Crippen LogP contribution in [0.2, 0.25) is 0 Å². The molecule has 3 amide bonds. The van der Waals surface area contributed by atoms with Crippen molar-refractivity contribution in [2.45, 2.75) is 26.1 Å². The number of benzene rings is 2. The van der Waals surface area contributed by atoms with Gasteiger partial charge in [-0.25, -0.2) is 14.8 Å². The highest BCUT2D eigenvalue weighted by atomic mass is 16.4. The monoisotopic (exact) mass is 610 g/mol. The topological polar surface area (TPSA) is 241 Å². The number of hydrogen-bond acceptors (Lipinski definition) is 10. The molecule has 3 aromatic carbocycles. The van der Waals surface area contributed by atoms with Gasteiger partial charge < -0.3 is 32.5 Å². The Morgan fingerprint density at radius 3 is 2.29 bits per heavy atom. The molecular weight excluding hydrogens is 584 g/mol. The Morgan fingerprint density at radius 1 is 0.956 bits per heavy atom. The zero-order valence-corrected chi connectivity index (χ0v) is 23.7. The molecule has 5 aromatic rings. The van der Waals surface area contributed by atoms with E-state index >= 15 is 0 Å². The van der Waals surface area contributed by atoms with Crippen LogP contribution in [0.1, 0.15) is 71.5 Å². The number of aromatic carboxylic acids is 1. The molecule has 0 saturated carbocycles. The SMILES string of the molecule is C[C@H](NC(=O)c1cc(C(=O)NCc2cccc(CNc3c(N)c(=O)c3=O)c2)n2cnc(C(N)=O)c2n1)c1ccc(C(=O)O)cc1. The van der Waals surface area contributed by atoms with Gasteiger partial charge in [-0.3, -0.25) is 28.4 Å². The molecule has 2 heterocycles. The molecule has 0 bridgehead atoms. The van der Waals surface area contributed by atoms with Crippen LogP contribution in [0.4, 0.5) is 11.4 Å². The number of carbonyl (C=O) groups is 4. The predicted octanol–water partition coefficient (Wildman–Crippen LogP) is 0.738. The summed E-state index contributed by atoms with van der Waals surface area (Å²) in [7, 11) is 0. The van der Waals surface area contributed by atoms with Crippen LogP contribution in [0.15, 0.2) is 70.5 Å². The van der Waals surface area contributed by atoms with Crippen molar-refractivity contribution in [3.05, 3.63) is 121 Å². The first kappa shape index (κ1) is 30.1. The second-order valence-corrected chi connectivity index (χ2v) is 10.1. The molecule has 228 valence electrons. The van der Waals surface area contributed by atoms with Crippen LogP contribution in [-0.2, 0) is 13.1 Å². The normalized spacial score (nSPS) is 11.7. The summed E-state index contributed by atoms with van der Waals surface area (Å²) in [4.78, 5) is 80.9. The number of hydrogen-bond donors (Lipinski definition) is 6. The molecule has 0 radical (unpaired) electrons. The van der Waals surface area contributed by atoms with Crippen molar-refractivity contribution in [3.8, 4) is 0 Å². The van der Waals surface area contributed by atoms with Crippen molar-refractivity contribution in [2.75, 3.05) is 11.1 Å². The molecule has 0 unspecified atom stereocenters. The van der Waals surface area contributed by atoms with Crippen molar-refractivity contribution in [2.24, 2.45) is 5.73 Å². The molecule has 5 rings (SSSR count). The Hall–Kier alpha value is -6.38. The number of carbonyl (C=O) groups excluding carboxylic acids is 3. The minimum absolute atomic E-state index is 0.0444. The average Bonchev–Trinajstić information content (AvgIpc) is 3.47. The van der Waals surface area contributed by atoms with Gasteiger partial charge in [-0.15, -0.1) is 0 Å². The van der Waals surface area contributed by atoms with Crippen LogP contribution in [0, 0.1) is 0 Å². The third-order valence-corrected chi connectivity index (χ3v) is 7.07. The number of imidazole rings is 1. The van der Waals surface area contributed by atoms with Gasteiger partial charge >= 0.3 is 5.97 Å². The van der Waals surface area contributed by atoms with Gasteiger partial charge in [0.15, 0.2) is 11.3 Å². The molecule has 0 spiro atoms. The second kappa shape index (κ2) is 12.1. The highest BCUT2D eigenvalue weighted by molar-refractivity contribution is 6.01. The molecular formula is C30H26N8O7. The Morgan fingerprint density at radius 2 is 1.64 bits per heavy atom. The molecule has 0 fully saturated rings. The van der Waals surface area contributed by atoms with Gasteiger partial charge in [0.1, 0.15) is 29.1 Å². The summed E-state index contributed by atoms with van der Waals surface area (Å²) in [5.41, 5.74) is 11.2. The minimum Gasteiger partial charge on any atom is -0.478 e. The molecule has 1 atom stereocenters. The molecule has 45 heavy (non-hydrogen) atoms. The van der Waals surface area contributed by atoms with E-state index in [9.17, 15) is 28.8 Å². The number of fused-ring (bicyclic) bond motifs is 1. The van der Waals surface area contributed by atoms with E-state index in [1.54, 1.807) is 43.3 Å². The van der Waals surface area contributed by atoms with Crippen LogP contribution < -0.4 is 38.3 Å². The number of anilines is 2. The zero-order valence-electron chi connectivity index (χ0n) is 23.7. The van der Waals surface area contributed by atoms with E-state index in [2.05, 4.69) is 25.9 Å². The highest BCUT2D eigenvalue weighted by Gasteiger charge is 2.23. The van der Waals surface area contributed by atoms with E-state index < -0.39 is 40.6 Å². The standard InChI is InChI=1S/C30H26N8O7/c1-14(17-5-7-18(8-6-17)30(44)45)36-28(42)19-10-20(38-13-35-23(26(32)41)27(38)37-19)29(43)34-12-16-4-2-3-15(9-16)11-33-22-21(31)24(39)25(22)40/h2-10,13-14,33H,11-12,31H2,1H3,(H2,32,41)(H,34,43)(H,36,42)(H,44,45)/t14-/m0/s1. The number of carboxylic acids is 1.